The molecule has 136 valence electrons. The molecule has 3 amide bonds. The highest BCUT2D eigenvalue weighted by Crippen LogP contribution is 2.24. The van der Waals surface area contributed by atoms with Crippen LogP contribution in [0.5, 0.6) is 0 Å². The molecule has 0 aliphatic carbocycles. The second-order valence-electron chi connectivity index (χ2n) is 6.81. The second-order valence-corrected chi connectivity index (χ2v) is 6.81. The standard InChI is InChI=1S/C21H25N3O2/c1-15-8-9-19(12-16(15)2)24-14-18(13-20(24)25)23-21(26)22-11-10-17-6-4-3-5-7-17/h3-9,12,18H,10-11,13-14H2,1-2H3,(H2,22,23,26)/t18-/m0/s1. The van der Waals surface area contributed by atoms with Gasteiger partial charge in [0.05, 0.1) is 6.04 Å². The minimum absolute atomic E-state index is 0.0443. The van der Waals surface area contributed by atoms with Crippen molar-refractivity contribution in [2.75, 3.05) is 18.0 Å². The molecule has 1 atom stereocenters. The van der Waals surface area contributed by atoms with E-state index >= 15 is 0 Å². The molecule has 1 aliphatic heterocycles. The predicted octanol–water partition coefficient (Wildman–Crippen LogP) is 2.95. The van der Waals surface area contributed by atoms with Crippen molar-refractivity contribution in [2.24, 2.45) is 0 Å². The number of amides is 3. The van der Waals surface area contributed by atoms with Crippen molar-refractivity contribution in [3.8, 4) is 0 Å². The fourth-order valence-corrected chi connectivity index (χ4v) is 3.15. The number of hydrogen-bond acceptors (Lipinski definition) is 2. The average Bonchev–Trinajstić information content (AvgIpc) is 2.98. The fraction of sp³-hybridized carbons (Fsp3) is 0.333. The van der Waals surface area contributed by atoms with E-state index < -0.39 is 0 Å². The summed E-state index contributed by atoms with van der Waals surface area (Å²) >= 11 is 0. The molecule has 0 aromatic heterocycles. The first kappa shape index (κ1) is 18.0. The third kappa shape index (κ3) is 4.42. The summed E-state index contributed by atoms with van der Waals surface area (Å²) in [5.74, 6) is 0.0443. The Morgan fingerprint density at radius 1 is 1.12 bits per heavy atom. The zero-order valence-corrected chi connectivity index (χ0v) is 15.3. The monoisotopic (exact) mass is 351 g/mol. The van der Waals surface area contributed by atoms with Crippen LogP contribution in [-0.4, -0.2) is 31.1 Å². The van der Waals surface area contributed by atoms with Crippen LogP contribution in [0.15, 0.2) is 48.5 Å². The number of benzene rings is 2. The van der Waals surface area contributed by atoms with Gasteiger partial charge in [-0.25, -0.2) is 4.79 Å². The first-order valence-corrected chi connectivity index (χ1v) is 8.99. The van der Waals surface area contributed by atoms with Crippen molar-refractivity contribution in [3.63, 3.8) is 0 Å². The van der Waals surface area contributed by atoms with Crippen molar-refractivity contribution in [1.82, 2.24) is 10.6 Å². The fourth-order valence-electron chi connectivity index (χ4n) is 3.15. The second kappa shape index (κ2) is 8.04. The van der Waals surface area contributed by atoms with Crippen LogP contribution in [0.2, 0.25) is 0 Å². The zero-order valence-electron chi connectivity index (χ0n) is 15.3. The molecule has 3 rings (SSSR count). The summed E-state index contributed by atoms with van der Waals surface area (Å²) in [6.45, 7) is 5.16. The summed E-state index contributed by atoms with van der Waals surface area (Å²) in [5, 5.41) is 5.77. The summed E-state index contributed by atoms with van der Waals surface area (Å²) in [5.41, 5.74) is 4.44. The van der Waals surface area contributed by atoms with Crippen molar-refractivity contribution < 1.29 is 9.59 Å². The minimum atomic E-state index is -0.222. The van der Waals surface area contributed by atoms with Crippen LogP contribution >= 0.6 is 0 Å². The summed E-state index contributed by atoms with van der Waals surface area (Å²) in [4.78, 5) is 26.2. The first-order valence-electron chi connectivity index (χ1n) is 8.99. The number of hydrogen-bond donors (Lipinski definition) is 2. The average molecular weight is 351 g/mol. The Balaban J connectivity index is 1.49. The van der Waals surface area contributed by atoms with Crippen LogP contribution in [0.4, 0.5) is 10.5 Å². The molecule has 0 unspecified atom stereocenters. The Hall–Kier alpha value is -2.82. The molecule has 26 heavy (non-hydrogen) atoms. The van der Waals surface area contributed by atoms with E-state index in [2.05, 4.69) is 17.6 Å². The number of carbonyl (C=O) groups is 2. The van der Waals surface area contributed by atoms with E-state index in [1.807, 2.05) is 55.5 Å². The molecule has 0 saturated carbocycles. The quantitative estimate of drug-likeness (QED) is 0.870. The van der Waals surface area contributed by atoms with Crippen molar-refractivity contribution in [1.29, 1.82) is 0 Å². The van der Waals surface area contributed by atoms with Crippen LogP contribution in [0, 0.1) is 13.8 Å². The lowest BCUT2D eigenvalue weighted by atomic mass is 10.1. The Morgan fingerprint density at radius 3 is 2.62 bits per heavy atom. The minimum Gasteiger partial charge on any atom is -0.338 e. The number of nitrogens with one attached hydrogen (secondary N) is 2. The van der Waals surface area contributed by atoms with Gasteiger partial charge >= 0.3 is 6.03 Å². The molecular weight excluding hydrogens is 326 g/mol. The molecule has 5 heteroatoms. The normalized spacial score (nSPS) is 16.6. The van der Waals surface area contributed by atoms with E-state index in [0.29, 0.717) is 19.5 Å². The van der Waals surface area contributed by atoms with Crippen LogP contribution in [0.1, 0.15) is 23.1 Å². The van der Waals surface area contributed by atoms with Gasteiger partial charge in [-0.15, -0.1) is 0 Å². The first-order chi connectivity index (χ1) is 12.5. The molecule has 0 spiro atoms. The molecule has 2 aromatic rings. The molecule has 1 aliphatic rings. The Morgan fingerprint density at radius 2 is 1.88 bits per heavy atom. The van der Waals surface area contributed by atoms with Crippen molar-refractivity contribution in [2.45, 2.75) is 32.7 Å². The molecule has 2 aromatic carbocycles. The maximum Gasteiger partial charge on any atom is 0.315 e. The Labute approximate surface area is 154 Å². The van der Waals surface area contributed by atoms with E-state index in [1.54, 1.807) is 4.90 Å². The van der Waals surface area contributed by atoms with Gasteiger partial charge in [-0.05, 0) is 49.1 Å². The smallest absolute Gasteiger partial charge is 0.315 e. The topological polar surface area (TPSA) is 61.4 Å². The SMILES string of the molecule is Cc1ccc(N2C[C@@H](NC(=O)NCCc3ccccc3)CC2=O)cc1C. The number of carbonyl (C=O) groups excluding carboxylic acids is 2. The van der Waals surface area contributed by atoms with Gasteiger partial charge in [0.1, 0.15) is 0 Å². The van der Waals surface area contributed by atoms with E-state index in [4.69, 9.17) is 0 Å². The number of aryl methyl sites for hydroxylation is 2. The molecule has 0 radical (unpaired) electrons. The van der Waals surface area contributed by atoms with Gasteiger partial charge < -0.3 is 15.5 Å². The van der Waals surface area contributed by atoms with Gasteiger partial charge in [-0.1, -0.05) is 36.4 Å². The summed E-state index contributed by atoms with van der Waals surface area (Å²) in [6, 6.07) is 15.6. The lowest BCUT2D eigenvalue weighted by Crippen LogP contribution is -2.43. The van der Waals surface area contributed by atoms with Gasteiger partial charge in [0.15, 0.2) is 0 Å². The lowest BCUT2D eigenvalue weighted by molar-refractivity contribution is -0.117. The molecular formula is C21H25N3O2. The van der Waals surface area contributed by atoms with Gasteiger partial charge in [0, 0.05) is 25.2 Å². The van der Waals surface area contributed by atoms with Crippen LogP contribution in [0.3, 0.4) is 0 Å². The van der Waals surface area contributed by atoms with Gasteiger partial charge in [0.25, 0.3) is 0 Å². The van der Waals surface area contributed by atoms with Gasteiger partial charge in [0.2, 0.25) is 5.91 Å². The maximum absolute atomic E-state index is 12.3. The van der Waals surface area contributed by atoms with Crippen molar-refractivity contribution in [3.05, 3.63) is 65.2 Å². The Bertz CT molecular complexity index is 789. The van der Waals surface area contributed by atoms with Crippen LogP contribution in [0.25, 0.3) is 0 Å². The number of nitrogens with zero attached hydrogens (tertiary/aromatic N) is 1. The molecule has 0 bridgehead atoms. The maximum atomic E-state index is 12.3. The highest BCUT2D eigenvalue weighted by Gasteiger charge is 2.31. The van der Waals surface area contributed by atoms with Gasteiger partial charge in [-0.3, -0.25) is 4.79 Å². The summed E-state index contributed by atoms with van der Waals surface area (Å²) in [7, 11) is 0. The van der Waals surface area contributed by atoms with E-state index in [0.717, 1.165) is 17.7 Å². The van der Waals surface area contributed by atoms with Gasteiger partial charge in [-0.2, -0.15) is 0 Å². The van der Waals surface area contributed by atoms with E-state index in [-0.39, 0.29) is 18.0 Å². The number of rotatable bonds is 5. The van der Waals surface area contributed by atoms with E-state index in [9.17, 15) is 9.59 Å². The van der Waals surface area contributed by atoms with E-state index in [1.165, 1.54) is 11.1 Å². The summed E-state index contributed by atoms with van der Waals surface area (Å²) in [6.07, 6.45) is 1.12. The molecule has 1 fully saturated rings. The van der Waals surface area contributed by atoms with Crippen LogP contribution in [-0.2, 0) is 11.2 Å². The molecule has 5 nitrogen and oxygen atoms in total. The zero-order chi connectivity index (χ0) is 18.5. The lowest BCUT2D eigenvalue weighted by Gasteiger charge is -2.18. The summed E-state index contributed by atoms with van der Waals surface area (Å²) < 4.78 is 0. The largest absolute Gasteiger partial charge is 0.338 e. The molecule has 1 saturated heterocycles. The third-order valence-corrected chi connectivity index (χ3v) is 4.80. The number of urea groups is 1. The Kier molecular flexibility index (Phi) is 5.56. The molecule has 1 heterocycles. The highest BCUT2D eigenvalue weighted by atomic mass is 16.2. The number of anilines is 1. The third-order valence-electron chi connectivity index (χ3n) is 4.80. The molecule has 2 N–H and O–H groups in total. The van der Waals surface area contributed by atoms with Crippen molar-refractivity contribution >= 4 is 17.6 Å². The predicted molar refractivity (Wildman–Crippen MR) is 103 cm³/mol. The highest BCUT2D eigenvalue weighted by molar-refractivity contribution is 5.96. The van der Waals surface area contributed by atoms with Crippen LogP contribution < -0.4 is 15.5 Å².